The first-order valence-electron chi connectivity index (χ1n) is 16.8. The van der Waals surface area contributed by atoms with E-state index in [2.05, 4.69) is 24.3 Å². The first-order chi connectivity index (χ1) is 24.1. The molecule has 0 bridgehead atoms. The van der Waals surface area contributed by atoms with Crippen LogP contribution >= 0.6 is 0 Å². The van der Waals surface area contributed by atoms with Crippen molar-refractivity contribution in [2.75, 3.05) is 26.4 Å². The van der Waals surface area contributed by atoms with Gasteiger partial charge in [-0.05, 0) is 79.6 Å². The van der Waals surface area contributed by atoms with Gasteiger partial charge in [0.1, 0.15) is 48.0 Å². The predicted octanol–water partition coefficient (Wildman–Crippen LogP) is 8.67. The normalized spacial score (nSPS) is 20.0. The molecular weight excluding hydrogens is 636 g/mol. The summed E-state index contributed by atoms with van der Waals surface area (Å²) in [6, 6.07) is 28.0. The molecule has 0 N–H and O–H groups in total. The fourth-order valence-electron chi connectivity index (χ4n) is 6.65. The van der Waals surface area contributed by atoms with Gasteiger partial charge in [-0.25, -0.2) is 9.97 Å². The minimum absolute atomic E-state index is 0.189. The van der Waals surface area contributed by atoms with Crippen LogP contribution in [0.3, 0.4) is 0 Å². The summed E-state index contributed by atoms with van der Waals surface area (Å²) in [6.07, 6.45) is -0.378. The number of benzene rings is 5. The van der Waals surface area contributed by atoms with Gasteiger partial charge in [0.05, 0.1) is 24.3 Å². The molecule has 2 saturated heterocycles. The number of oxazole rings is 2. The van der Waals surface area contributed by atoms with E-state index in [0.717, 1.165) is 32.7 Å². The lowest BCUT2D eigenvalue weighted by Crippen LogP contribution is -2.25. The van der Waals surface area contributed by atoms with Gasteiger partial charge < -0.3 is 37.3 Å². The van der Waals surface area contributed by atoms with E-state index in [0.29, 0.717) is 71.9 Å². The van der Waals surface area contributed by atoms with E-state index in [4.69, 9.17) is 47.2 Å². The molecule has 10 heteroatoms. The van der Waals surface area contributed by atoms with Crippen LogP contribution in [0.15, 0.2) is 93.8 Å². The maximum atomic E-state index is 6.38. The van der Waals surface area contributed by atoms with Crippen molar-refractivity contribution in [3.8, 4) is 34.4 Å². The van der Waals surface area contributed by atoms with Gasteiger partial charge in [-0.3, -0.25) is 0 Å². The zero-order valence-electron chi connectivity index (χ0n) is 28.2. The van der Waals surface area contributed by atoms with Crippen molar-refractivity contribution in [3.05, 3.63) is 84.9 Å². The van der Waals surface area contributed by atoms with Crippen LogP contribution in [0, 0.1) is 0 Å². The van der Waals surface area contributed by atoms with Crippen LogP contribution in [0.2, 0.25) is 0 Å². The van der Waals surface area contributed by atoms with Crippen molar-refractivity contribution in [3.63, 3.8) is 0 Å². The van der Waals surface area contributed by atoms with Crippen molar-refractivity contribution in [2.45, 2.75) is 51.5 Å². The maximum Gasteiger partial charge on any atom is 0.231 e. The highest BCUT2D eigenvalue weighted by molar-refractivity contribution is 5.95. The van der Waals surface area contributed by atoms with Crippen LogP contribution in [-0.4, -0.2) is 60.2 Å². The Kier molecular flexibility index (Phi) is 7.33. The van der Waals surface area contributed by atoms with Gasteiger partial charge >= 0.3 is 0 Å². The van der Waals surface area contributed by atoms with Crippen molar-refractivity contribution < 1.29 is 37.3 Å². The molecule has 2 fully saturated rings. The number of ether oxygens (including phenoxy) is 6. The highest BCUT2D eigenvalue weighted by Gasteiger charge is 2.34. The SMILES string of the molecule is CC1(C)OCC(COc2cc3ccccc3cc2-c2nc3cc4nc(-c5cc6ccccc6cc5OCC5COC(C)(C)O5)oc4cc3o2)O1. The van der Waals surface area contributed by atoms with Crippen LogP contribution in [0.4, 0.5) is 0 Å². The number of nitrogens with zero attached hydrogens (tertiary/aromatic N) is 2. The molecule has 0 amide bonds. The van der Waals surface area contributed by atoms with E-state index in [1.807, 2.05) is 88.4 Å². The molecular formula is C40H36N2O8. The smallest absolute Gasteiger partial charge is 0.231 e. The van der Waals surface area contributed by atoms with Gasteiger partial charge in [-0.15, -0.1) is 0 Å². The fraction of sp³-hybridized carbons (Fsp3) is 0.300. The molecule has 2 atom stereocenters. The molecule has 7 aromatic rings. The summed E-state index contributed by atoms with van der Waals surface area (Å²) in [6.45, 7) is 9.18. The lowest BCUT2D eigenvalue weighted by Gasteiger charge is -2.18. The highest BCUT2D eigenvalue weighted by Crippen LogP contribution is 2.39. The minimum atomic E-state index is -0.633. The second-order valence-corrected chi connectivity index (χ2v) is 13.7. The number of hydrogen-bond acceptors (Lipinski definition) is 10. The molecule has 0 spiro atoms. The first-order valence-corrected chi connectivity index (χ1v) is 16.8. The van der Waals surface area contributed by atoms with Crippen LogP contribution in [0.5, 0.6) is 11.5 Å². The standard InChI is InChI=1S/C40H36N2O8/c1-39(2)45-21-27(49-39)19-43-33-15-25-11-7-5-9-23(25)13-29(33)37-41-31-17-32-36(18-35(31)47-37)48-38(42-32)30-14-24-10-6-8-12-26(24)16-34(30)44-20-28-22-46-40(3,4)50-28/h5-18,27-28H,19-22H2,1-4H3. The summed E-state index contributed by atoms with van der Waals surface area (Å²) < 4.78 is 48.9. The Bertz CT molecular complexity index is 2180. The minimum Gasteiger partial charge on any atom is -0.490 e. The number of fused-ring (bicyclic) bond motifs is 4. The molecule has 4 heterocycles. The van der Waals surface area contributed by atoms with Crippen molar-refractivity contribution >= 4 is 43.7 Å². The van der Waals surface area contributed by atoms with Gasteiger partial charge in [-0.1, -0.05) is 48.5 Å². The molecule has 9 rings (SSSR count). The van der Waals surface area contributed by atoms with Crippen LogP contribution in [0.1, 0.15) is 27.7 Å². The summed E-state index contributed by atoms with van der Waals surface area (Å²) in [7, 11) is 0. The fourth-order valence-corrected chi connectivity index (χ4v) is 6.65. The maximum absolute atomic E-state index is 6.38. The Morgan fingerprint density at radius 1 is 0.580 bits per heavy atom. The van der Waals surface area contributed by atoms with Gasteiger partial charge in [0.25, 0.3) is 0 Å². The van der Waals surface area contributed by atoms with E-state index in [1.165, 1.54) is 0 Å². The monoisotopic (exact) mass is 672 g/mol. The third-order valence-electron chi connectivity index (χ3n) is 9.04. The summed E-state index contributed by atoms with van der Waals surface area (Å²) in [4.78, 5) is 9.79. The summed E-state index contributed by atoms with van der Waals surface area (Å²) in [5.74, 6) is 0.897. The lowest BCUT2D eigenvalue weighted by molar-refractivity contribution is -0.141. The second kappa shape index (κ2) is 11.8. The summed E-state index contributed by atoms with van der Waals surface area (Å²) in [5.41, 5.74) is 3.91. The third kappa shape index (κ3) is 5.94. The highest BCUT2D eigenvalue weighted by atomic mass is 16.8. The summed E-state index contributed by atoms with van der Waals surface area (Å²) in [5, 5.41) is 4.18. The van der Waals surface area contributed by atoms with E-state index < -0.39 is 11.6 Å². The Morgan fingerprint density at radius 2 is 1.00 bits per heavy atom. The molecule has 254 valence electrons. The second-order valence-electron chi connectivity index (χ2n) is 13.7. The van der Waals surface area contributed by atoms with E-state index in [9.17, 15) is 0 Å². The van der Waals surface area contributed by atoms with E-state index >= 15 is 0 Å². The van der Waals surface area contributed by atoms with Crippen LogP contribution in [0.25, 0.3) is 66.7 Å². The molecule has 0 saturated carbocycles. The molecule has 10 nitrogen and oxygen atoms in total. The Labute approximate surface area is 287 Å². The molecule has 2 aliphatic heterocycles. The zero-order chi connectivity index (χ0) is 34.0. The molecule has 50 heavy (non-hydrogen) atoms. The molecule has 0 radical (unpaired) electrons. The average molecular weight is 673 g/mol. The third-order valence-corrected chi connectivity index (χ3v) is 9.04. The predicted molar refractivity (Wildman–Crippen MR) is 188 cm³/mol. The largest absolute Gasteiger partial charge is 0.490 e. The van der Waals surface area contributed by atoms with Gasteiger partial charge in [0.2, 0.25) is 11.8 Å². The molecule has 2 aromatic heterocycles. The number of hydrogen-bond donors (Lipinski definition) is 0. The van der Waals surface area contributed by atoms with Crippen molar-refractivity contribution in [1.29, 1.82) is 0 Å². The van der Waals surface area contributed by atoms with Crippen molar-refractivity contribution in [2.24, 2.45) is 0 Å². The Morgan fingerprint density at radius 3 is 1.40 bits per heavy atom. The Hall–Kier alpha value is -5.00. The molecule has 2 aliphatic rings. The lowest BCUT2D eigenvalue weighted by atomic mass is 10.1. The average Bonchev–Trinajstić information content (AvgIpc) is 3.88. The molecule has 5 aromatic carbocycles. The van der Waals surface area contributed by atoms with Crippen LogP contribution < -0.4 is 9.47 Å². The van der Waals surface area contributed by atoms with Crippen LogP contribution in [-0.2, 0) is 18.9 Å². The number of rotatable bonds is 8. The summed E-state index contributed by atoms with van der Waals surface area (Å²) >= 11 is 0. The Balaban J connectivity index is 1.05. The number of aromatic nitrogens is 2. The quantitative estimate of drug-likeness (QED) is 0.156. The molecule has 0 aliphatic carbocycles. The van der Waals surface area contributed by atoms with Gasteiger partial charge in [0.15, 0.2) is 22.7 Å². The van der Waals surface area contributed by atoms with E-state index in [1.54, 1.807) is 0 Å². The zero-order valence-corrected chi connectivity index (χ0v) is 28.2. The first kappa shape index (κ1) is 31.0. The molecule has 2 unspecified atom stereocenters. The van der Waals surface area contributed by atoms with E-state index in [-0.39, 0.29) is 12.2 Å². The van der Waals surface area contributed by atoms with Gasteiger partial charge in [0, 0.05) is 6.07 Å². The van der Waals surface area contributed by atoms with Gasteiger partial charge in [-0.2, -0.15) is 0 Å². The topological polar surface area (TPSA) is 107 Å². The van der Waals surface area contributed by atoms with Crippen molar-refractivity contribution in [1.82, 2.24) is 9.97 Å².